The van der Waals surface area contributed by atoms with Crippen LogP contribution in [0.2, 0.25) is 0 Å². The first-order valence-corrected chi connectivity index (χ1v) is 12.1. The van der Waals surface area contributed by atoms with E-state index < -0.39 is 34.4 Å². The molecule has 4 rings (SSSR count). The lowest BCUT2D eigenvalue weighted by atomic mass is 9.96. The van der Waals surface area contributed by atoms with Crippen LogP contribution in [0.1, 0.15) is 26.3 Å². The summed E-state index contributed by atoms with van der Waals surface area (Å²) in [6.07, 6.45) is -2.21. The van der Waals surface area contributed by atoms with Crippen LogP contribution in [-0.4, -0.2) is 60.7 Å². The van der Waals surface area contributed by atoms with E-state index in [1.54, 1.807) is 13.8 Å². The Kier molecular flexibility index (Phi) is 5.96. The molecule has 1 aliphatic rings. The maximum absolute atomic E-state index is 13.8. The van der Waals surface area contributed by atoms with Gasteiger partial charge >= 0.3 is 6.18 Å². The fourth-order valence-electron chi connectivity index (χ4n) is 4.43. The third kappa shape index (κ3) is 4.08. The van der Waals surface area contributed by atoms with E-state index in [2.05, 4.69) is 10.1 Å². The Bertz CT molecular complexity index is 1340. The lowest BCUT2D eigenvalue weighted by molar-refractivity contribution is -0.145. The second kappa shape index (κ2) is 8.41. The van der Waals surface area contributed by atoms with E-state index in [9.17, 15) is 27.3 Å². The molecule has 0 aliphatic carbocycles. The van der Waals surface area contributed by atoms with Crippen molar-refractivity contribution < 1.29 is 27.3 Å². The number of nitrogen functional groups attached to an aromatic ring is 1. The summed E-state index contributed by atoms with van der Waals surface area (Å²) >= 11 is -1.51. The smallest absolute Gasteiger partial charge is 0.418 e. The van der Waals surface area contributed by atoms with E-state index in [1.807, 2.05) is 0 Å². The van der Waals surface area contributed by atoms with Gasteiger partial charge in [0.05, 0.1) is 11.3 Å². The van der Waals surface area contributed by atoms with Crippen LogP contribution in [-0.2, 0) is 26.9 Å². The normalized spacial score (nSPS) is 17.2. The molecular weight excluding hydrogens is 485 g/mol. The summed E-state index contributed by atoms with van der Waals surface area (Å²) in [6, 6.07) is 5.45. The molecule has 35 heavy (non-hydrogen) atoms. The van der Waals surface area contributed by atoms with Gasteiger partial charge in [-0.15, -0.1) is 0 Å². The van der Waals surface area contributed by atoms with Crippen LogP contribution in [0.25, 0.3) is 16.8 Å². The molecular formula is C22H23F3N6O3S. The van der Waals surface area contributed by atoms with Gasteiger partial charge in [-0.2, -0.15) is 18.3 Å². The number of anilines is 2. The largest absolute Gasteiger partial charge is 0.612 e. The lowest BCUT2D eigenvalue weighted by Gasteiger charge is -2.45. The third-order valence-corrected chi connectivity index (χ3v) is 7.08. The Balaban J connectivity index is 1.90. The Morgan fingerprint density at radius 2 is 1.91 bits per heavy atom. The topological polar surface area (TPSA) is 120 Å². The highest BCUT2D eigenvalue weighted by Gasteiger charge is 2.45. The van der Waals surface area contributed by atoms with Crippen LogP contribution in [0.3, 0.4) is 0 Å². The molecule has 0 radical (unpaired) electrons. The summed E-state index contributed by atoms with van der Waals surface area (Å²) in [6.45, 7) is 4.98. The van der Waals surface area contributed by atoms with Crippen molar-refractivity contribution in [2.75, 3.05) is 30.0 Å². The second-order valence-corrected chi connectivity index (χ2v) is 10.0. The molecule has 1 fully saturated rings. The third-order valence-electron chi connectivity index (χ3n) is 6.11. The van der Waals surface area contributed by atoms with Gasteiger partial charge < -0.3 is 20.1 Å². The summed E-state index contributed by atoms with van der Waals surface area (Å²) in [7, 11) is 0. The molecule has 0 bridgehead atoms. The second-order valence-electron chi connectivity index (χ2n) is 8.67. The first-order valence-electron chi connectivity index (χ1n) is 10.5. The van der Waals surface area contributed by atoms with Gasteiger partial charge in [0.25, 0.3) is 5.91 Å². The van der Waals surface area contributed by atoms with Crippen molar-refractivity contribution in [1.29, 1.82) is 0 Å². The minimum atomic E-state index is -4.71. The van der Waals surface area contributed by atoms with Crippen LogP contribution in [0.4, 0.5) is 24.7 Å². The monoisotopic (exact) mass is 508 g/mol. The molecule has 0 spiro atoms. The van der Waals surface area contributed by atoms with Crippen molar-refractivity contribution >= 4 is 40.0 Å². The van der Waals surface area contributed by atoms with E-state index in [1.165, 1.54) is 41.2 Å². The zero-order chi connectivity index (χ0) is 25.9. The van der Waals surface area contributed by atoms with Crippen LogP contribution < -0.4 is 10.6 Å². The fourth-order valence-corrected chi connectivity index (χ4v) is 5.15. The van der Waals surface area contributed by atoms with Gasteiger partial charge in [0.1, 0.15) is 29.3 Å². The summed E-state index contributed by atoms with van der Waals surface area (Å²) < 4.78 is 54.8. The average molecular weight is 509 g/mol. The molecule has 1 aromatic carbocycles. The van der Waals surface area contributed by atoms with Crippen molar-refractivity contribution in [1.82, 2.24) is 19.5 Å². The summed E-state index contributed by atoms with van der Waals surface area (Å²) in [5, 5.41) is 3.96. The molecule has 0 saturated carbocycles. The predicted octanol–water partition coefficient (Wildman–Crippen LogP) is 2.71. The van der Waals surface area contributed by atoms with Crippen LogP contribution in [0, 0.1) is 0 Å². The fraction of sp³-hybridized carbons (Fsp3) is 0.364. The number of carbonyl (C=O) groups excluding carboxylic acids is 2. The van der Waals surface area contributed by atoms with Gasteiger partial charge in [-0.25, -0.2) is 9.50 Å². The van der Waals surface area contributed by atoms with Gasteiger partial charge in [0.2, 0.25) is 5.91 Å². The number of alkyl halides is 3. The van der Waals surface area contributed by atoms with Gasteiger partial charge in [0.15, 0.2) is 10.7 Å². The van der Waals surface area contributed by atoms with E-state index in [0.717, 1.165) is 16.9 Å². The Morgan fingerprint density at radius 3 is 2.51 bits per heavy atom. The van der Waals surface area contributed by atoms with Crippen molar-refractivity contribution in [3.63, 3.8) is 0 Å². The van der Waals surface area contributed by atoms with E-state index >= 15 is 0 Å². The number of nitrogens with zero attached hydrogens (tertiary/aromatic N) is 5. The standard InChI is InChI=1S/C22H23F3N6O3S/c1-12(32)30-8-7-29(20(33)21(30,2)3)16-9-13(5-6-17(16)35(4)34)15-10-14(22(23,24)25)18-19(26)27-11-28-31(15)18/h5-6,9-11H,7-8H2,1-4H3,(H2,26,27,28). The molecule has 2 amide bonds. The number of hydrogen-bond donors (Lipinski definition) is 1. The van der Waals surface area contributed by atoms with Crippen LogP contribution in [0.15, 0.2) is 35.5 Å². The number of rotatable bonds is 3. The maximum Gasteiger partial charge on any atom is 0.418 e. The number of amides is 2. The lowest BCUT2D eigenvalue weighted by Crippen LogP contribution is -2.64. The summed E-state index contributed by atoms with van der Waals surface area (Å²) in [5.74, 6) is -0.986. The average Bonchev–Trinajstić information content (AvgIpc) is 3.16. The van der Waals surface area contributed by atoms with Crippen molar-refractivity contribution in [2.24, 2.45) is 0 Å². The minimum absolute atomic E-state index is 0.0743. The Labute approximate surface area is 201 Å². The summed E-state index contributed by atoms with van der Waals surface area (Å²) in [5.41, 5.74) is 3.86. The number of aromatic nitrogens is 3. The highest BCUT2D eigenvalue weighted by Crippen LogP contribution is 2.40. The number of nitrogens with two attached hydrogens (primary N) is 1. The van der Waals surface area contributed by atoms with Crippen LogP contribution in [0.5, 0.6) is 0 Å². The molecule has 2 aromatic heterocycles. The molecule has 3 heterocycles. The molecule has 3 aromatic rings. The number of piperazine rings is 1. The highest BCUT2D eigenvalue weighted by atomic mass is 32.2. The number of carbonyl (C=O) groups is 2. The number of halogens is 3. The van der Waals surface area contributed by atoms with Crippen LogP contribution >= 0.6 is 0 Å². The molecule has 1 unspecified atom stereocenters. The number of fused-ring (bicyclic) bond motifs is 1. The zero-order valence-electron chi connectivity index (χ0n) is 19.4. The molecule has 1 saturated heterocycles. The summed E-state index contributed by atoms with van der Waals surface area (Å²) in [4.78, 5) is 32.4. The van der Waals surface area contributed by atoms with Gasteiger partial charge in [-0.05, 0) is 49.3 Å². The molecule has 13 heteroatoms. The molecule has 9 nitrogen and oxygen atoms in total. The van der Waals surface area contributed by atoms with Crippen molar-refractivity contribution in [2.45, 2.75) is 37.4 Å². The zero-order valence-corrected chi connectivity index (χ0v) is 20.2. The minimum Gasteiger partial charge on any atom is -0.612 e. The van der Waals surface area contributed by atoms with Gasteiger partial charge in [-0.1, -0.05) is 0 Å². The Hall–Kier alpha value is -3.32. The SMILES string of the molecule is CC(=O)N1CCN(c2cc(-c3cc(C(F)(F)F)c4c(N)ncnn34)ccc2[S+](C)[O-])C(=O)C1(C)C. The Morgan fingerprint density at radius 1 is 1.23 bits per heavy atom. The number of benzene rings is 1. The van der Waals surface area contributed by atoms with Gasteiger partial charge in [-0.3, -0.25) is 9.59 Å². The van der Waals surface area contributed by atoms with E-state index in [-0.39, 0.29) is 41.7 Å². The molecule has 1 atom stereocenters. The predicted molar refractivity (Wildman–Crippen MR) is 124 cm³/mol. The molecule has 186 valence electrons. The quantitative estimate of drug-likeness (QED) is 0.544. The van der Waals surface area contributed by atoms with Crippen molar-refractivity contribution in [3.8, 4) is 11.3 Å². The maximum atomic E-state index is 13.8. The molecule has 2 N–H and O–H groups in total. The first kappa shape index (κ1) is 24.8. The van der Waals surface area contributed by atoms with E-state index in [0.29, 0.717) is 10.5 Å². The highest BCUT2D eigenvalue weighted by molar-refractivity contribution is 7.90. The number of hydrogen-bond acceptors (Lipinski definition) is 6. The molecule has 1 aliphatic heterocycles. The van der Waals surface area contributed by atoms with E-state index in [4.69, 9.17) is 5.73 Å². The first-order chi connectivity index (χ1) is 16.2. The van der Waals surface area contributed by atoms with Crippen molar-refractivity contribution in [3.05, 3.63) is 36.2 Å². The van der Waals surface area contributed by atoms with Gasteiger partial charge in [0, 0.05) is 25.6 Å².